The van der Waals surface area contributed by atoms with E-state index >= 15 is 0 Å². The van der Waals surface area contributed by atoms with E-state index in [4.69, 9.17) is 52.1 Å². The Morgan fingerprint density at radius 3 is 2.67 bits per heavy atom. The van der Waals surface area contributed by atoms with E-state index in [0.717, 1.165) is 19.4 Å². The number of aromatic nitrogens is 3. The zero-order valence-electron chi connectivity index (χ0n) is 15.8. The fourth-order valence-corrected chi connectivity index (χ4v) is 4.66. The molecule has 0 radical (unpaired) electrons. The Labute approximate surface area is 193 Å². The highest BCUT2D eigenvalue weighted by atomic mass is 35.5. The SMILES string of the molecule is O[C@H]1CCC[NH+](Cn2nc(-c3ccc(Cl)cc3Cl)n(-c3ccc(F)c(Cl)c3)c2=S)C1. The molecular formula is C20H19Cl3FN4OS+. The maximum atomic E-state index is 13.7. The maximum Gasteiger partial charge on any atom is 0.207 e. The molecule has 1 aromatic heterocycles. The minimum atomic E-state index is -0.517. The molecule has 3 aromatic rings. The van der Waals surface area contributed by atoms with E-state index in [9.17, 15) is 9.50 Å². The van der Waals surface area contributed by atoms with Crippen molar-refractivity contribution in [3.8, 4) is 17.1 Å². The summed E-state index contributed by atoms with van der Waals surface area (Å²) in [4.78, 5) is 1.18. The van der Waals surface area contributed by atoms with Crippen molar-refractivity contribution < 1.29 is 14.4 Å². The smallest absolute Gasteiger partial charge is 0.207 e. The van der Waals surface area contributed by atoms with E-state index in [0.29, 0.717) is 45.1 Å². The third-order valence-corrected chi connectivity index (χ3v) is 6.37. The van der Waals surface area contributed by atoms with Crippen molar-refractivity contribution in [2.24, 2.45) is 0 Å². The molecular weight excluding hydrogens is 470 g/mol. The number of benzene rings is 2. The molecule has 5 nitrogen and oxygen atoms in total. The van der Waals surface area contributed by atoms with Crippen LogP contribution in [-0.2, 0) is 6.67 Å². The molecule has 0 bridgehead atoms. The number of likely N-dealkylation sites (tertiary alicyclic amines) is 1. The Balaban J connectivity index is 1.84. The second-order valence-electron chi connectivity index (χ2n) is 7.32. The number of hydrogen-bond acceptors (Lipinski definition) is 3. The summed E-state index contributed by atoms with van der Waals surface area (Å²) in [6, 6.07) is 9.51. The van der Waals surface area contributed by atoms with E-state index in [-0.39, 0.29) is 11.1 Å². The van der Waals surface area contributed by atoms with Gasteiger partial charge in [-0.2, -0.15) is 4.68 Å². The first-order valence-corrected chi connectivity index (χ1v) is 11.0. The van der Waals surface area contributed by atoms with Crippen LogP contribution in [0, 0.1) is 10.6 Å². The average molecular weight is 489 g/mol. The van der Waals surface area contributed by atoms with Gasteiger partial charge in [0.15, 0.2) is 12.5 Å². The van der Waals surface area contributed by atoms with Gasteiger partial charge < -0.3 is 10.0 Å². The molecule has 0 amide bonds. The Morgan fingerprint density at radius 2 is 1.97 bits per heavy atom. The van der Waals surface area contributed by atoms with Gasteiger partial charge in [-0.25, -0.2) is 4.39 Å². The summed E-state index contributed by atoms with van der Waals surface area (Å²) in [5.41, 5.74) is 1.22. The van der Waals surface area contributed by atoms with Crippen LogP contribution in [0.3, 0.4) is 0 Å². The molecule has 1 fully saturated rings. The highest BCUT2D eigenvalue weighted by molar-refractivity contribution is 7.71. The summed E-state index contributed by atoms with van der Waals surface area (Å²) in [5.74, 6) is -0.0153. The number of halogens is 4. The first-order valence-electron chi connectivity index (χ1n) is 9.46. The summed E-state index contributed by atoms with van der Waals surface area (Å²) in [7, 11) is 0. The summed E-state index contributed by atoms with van der Waals surface area (Å²) in [6.07, 6.45) is 1.42. The fourth-order valence-electron chi connectivity index (χ4n) is 3.69. The summed E-state index contributed by atoms with van der Waals surface area (Å²) >= 11 is 24.2. The van der Waals surface area contributed by atoms with Gasteiger partial charge >= 0.3 is 0 Å². The molecule has 2 heterocycles. The van der Waals surface area contributed by atoms with Gasteiger partial charge in [-0.15, -0.1) is 5.10 Å². The third kappa shape index (κ3) is 4.42. The van der Waals surface area contributed by atoms with E-state index < -0.39 is 5.82 Å². The molecule has 2 aromatic carbocycles. The minimum Gasteiger partial charge on any atom is -0.387 e. The van der Waals surface area contributed by atoms with E-state index in [1.54, 1.807) is 33.5 Å². The number of aliphatic hydroxyl groups excluding tert-OH is 1. The molecule has 10 heteroatoms. The van der Waals surface area contributed by atoms with Crippen LogP contribution < -0.4 is 4.90 Å². The molecule has 2 atom stereocenters. The van der Waals surface area contributed by atoms with Crippen LogP contribution in [0.15, 0.2) is 36.4 Å². The minimum absolute atomic E-state index is 0.0138. The van der Waals surface area contributed by atoms with Gasteiger partial charge in [-0.1, -0.05) is 34.8 Å². The first kappa shape index (κ1) is 21.7. The third-order valence-electron chi connectivity index (χ3n) is 5.14. The highest BCUT2D eigenvalue weighted by Crippen LogP contribution is 2.32. The monoisotopic (exact) mass is 487 g/mol. The second-order valence-corrected chi connectivity index (χ2v) is 8.94. The molecule has 1 saturated heterocycles. The van der Waals surface area contributed by atoms with Crippen LogP contribution in [-0.4, -0.2) is 38.6 Å². The predicted octanol–water partition coefficient (Wildman–Crippen LogP) is 4.17. The number of piperidine rings is 1. The average Bonchev–Trinajstić information content (AvgIpc) is 3.00. The zero-order valence-corrected chi connectivity index (χ0v) is 18.9. The first-order chi connectivity index (χ1) is 14.3. The number of nitrogens with one attached hydrogen (secondary N) is 1. The van der Waals surface area contributed by atoms with Crippen LogP contribution in [0.5, 0.6) is 0 Å². The van der Waals surface area contributed by atoms with Crippen molar-refractivity contribution in [1.82, 2.24) is 14.3 Å². The van der Waals surface area contributed by atoms with E-state index in [1.165, 1.54) is 17.0 Å². The van der Waals surface area contributed by atoms with Gasteiger partial charge in [0.05, 0.1) is 22.3 Å². The van der Waals surface area contributed by atoms with Crippen molar-refractivity contribution in [2.45, 2.75) is 25.6 Å². The summed E-state index contributed by atoms with van der Waals surface area (Å²) < 4.78 is 17.6. The van der Waals surface area contributed by atoms with Crippen molar-refractivity contribution in [3.63, 3.8) is 0 Å². The molecule has 2 N–H and O–H groups in total. The Bertz CT molecular complexity index is 1150. The predicted molar refractivity (Wildman–Crippen MR) is 119 cm³/mol. The Hall–Kier alpha value is -1.48. The van der Waals surface area contributed by atoms with Crippen molar-refractivity contribution in [2.75, 3.05) is 13.1 Å². The van der Waals surface area contributed by atoms with Gasteiger partial charge in [-0.3, -0.25) is 4.57 Å². The van der Waals surface area contributed by atoms with Gasteiger partial charge in [-0.05, 0) is 61.5 Å². The highest BCUT2D eigenvalue weighted by Gasteiger charge is 2.24. The fraction of sp³-hybridized carbons (Fsp3) is 0.300. The number of rotatable bonds is 4. The van der Waals surface area contributed by atoms with Crippen molar-refractivity contribution >= 4 is 47.0 Å². The van der Waals surface area contributed by atoms with Crippen molar-refractivity contribution in [3.05, 3.63) is 62.1 Å². The largest absolute Gasteiger partial charge is 0.387 e. The van der Waals surface area contributed by atoms with Crippen LogP contribution in [0.25, 0.3) is 17.1 Å². The number of quaternary nitrogens is 1. The molecule has 1 unspecified atom stereocenters. The lowest BCUT2D eigenvalue weighted by Gasteiger charge is -2.26. The van der Waals surface area contributed by atoms with Crippen LogP contribution in [0.2, 0.25) is 15.1 Å². The molecule has 0 saturated carbocycles. The lowest BCUT2D eigenvalue weighted by Crippen LogP contribution is -3.13. The van der Waals surface area contributed by atoms with Gasteiger partial charge in [0, 0.05) is 10.6 Å². The quantitative estimate of drug-likeness (QED) is 0.542. The van der Waals surface area contributed by atoms with E-state index in [1.807, 2.05) is 0 Å². The second kappa shape index (κ2) is 8.94. The lowest BCUT2D eigenvalue weighted by atomic mass is 10.1. The van der Waals surface area contributed by atoms with Crippen LogP contribution in [0.1, 0.15) is 12.8 Å². The molecule has 0 spiro atoms. The molecule has 1 aliphatic rings. The van der Waals surface area contributed by atoms with Gasteiger partial charge in [0.2, 0.25) is 4.77 Å². The molecule has 4 rings (SSSR count). The Morgan fingerprint density at radius 1 is 1.17 bits per heavy atom. The Kier molecular flexibility index (Phi) is 6.48. The molecule has 0 aliphatic carbocycles. The zero-order chi connectivity index (χ0) is 21.4. The van der Waals surface area contributed by atoms with Crippen LogP contribution >= 0.6 is 47.0 Å². The summed E-state index contributed by atoms with van der Waals surface area (Å²) in [6.45, 7) is 2.05. The topological polar surface area (TPSA) is 47.4 Å². The number of hydrogen-bond donors (Lipinski definition) is 2. The maximum absolute atomic E-state index is 13.7. The summed E-state index contributed by atoms with van der Waals surface area (Å²) in [5, 5.41) is 15.6. The van der Waals surface area contributed by atoms with Gasteiger partial charge in [0.25, 0.3) is 0 Å². The lowest BCUT2D eigenvalue weighted by molar-refractivity contribution is -0.931. The number of aliphatic hydroxyl groups is 1. The molecule has 30 heavy (non-hydrogen) atoms. The normalized spacial score (nSPS) is 19.2. The van der Waals surface area contributed by atoms with Gasteiger partial charge in [0.1, 0.15) is 18.5 Å². The van der Waals surface area contributed by atoms with E-state index in [2.05, 4.69) is 0 Å². The van der Waals surface area contributed by atoms with Crippen molar-refractivity contribution in [1.29, 1.82) is 0 Å². The molecule has 1 aliphatic heterocycles. The molecule has 158 valence electrons. The number of nitrogens with zero attached hydrogens (tertiary/aromatic N) is 3. The standard InChI is InChI=1S/C20H18Cl3FN4OS/c21-12-3-5-15(16(22)8-12)19-25-27(11-26-7-1-2-14(29)10-26)20(30)28(19)13-4-6-18(24)17(23)9-13/h3-6,8-9,14,29H,1-2,7,10-11H2/p+1/t14-/m0/s1. The van der Waals surface area contributed by atoms with Crippen LogP contribution in [0.4, 0.5) is 4.39 Å².